The highest BCUT2D eigenvalue weighted by molar-refractivity contribution is 5.94. The van der Waals surface area contributed by atoms with Gasteiger partial charge in [0.05, 0.1) is 6.04 Å². The van der Waals surface area contributed by atoms with E-state index in [9.17, 15) is 14.0 Å². The Morgan fingerprint density at radius 2 is 1.94 bits per heavy atom. The molecule has 0 bridgehead atoms. The van der Waals surface area contributed by atoms with Crippen molar-refractivity contribution in [2.24, 2.45) is 5.73 Å². The first-order chi connectivity index (χ1) is 7.50. The number of benzene rings is 1. The number of ketones is 1. The Bertz CT molecular complexity index is 389. The van der Waals surface area contributed by atoms with E-state index in [1.54, 1.807) is 0 Å². The van der Waals surface area contributed by atoms with Crippen molar-refractivity contribution in [2.45, 2.75) is 13.0 Å². The third-order valence-electron chi connectivity index (χ3n) is 2.11. The molecule has 1 aromatic rings. The number of nitrogens with two attached hydrogens (primary N) is 1. The zero-order valence-corrected chi connectivity index (χ0v) is 8.87. The molecule has 0 aliphatic carbocycles. The molecule has 1 atom stereocenters. The van der Waals surface area contributed by atoms with Gasteiger partial charge >= 0.3 is 0 Å². The number of amides is 1. The molecule has 0 aliphatic heterocycles. The predicted octanol–water partition coefficient (Wildman–Crippen LogP) is 0.472. The molecule has 1 aromatic carbocycles. The molecule has 0 saturated heterocycles. The molecule has 1 amide bonds. The Balaban J connectivity index is 2.53. The molecule has 0 aromatic heterocycles. The van der Waals surface area contributed by atoms with Crippen LogP contribution in [0.4, 0.5) is 4.39 Å². The number of carbonyl (C=O) groups is 2. The van der Waals surface area contributed by atoms with Gasteiger partial charge in [0, 0.05) is 12.1 Å². The van der Waals surface area contributed by atoms with Crippen LogP contribution >= 0.6 is 0 Å². The number of rotatable bonds is 4. The summed E-state index contributed by atoms with van der Waals surface area (Å²) in [5.41, 5.74) is 5.77. The highest BCUT2D eigenvalue weighted by Gasteiger charge is 2.10. The fourth-order valence-electron chi connectivity index (χ4n) is 1.05. The summed E-state index contributed by atoms with van der Waals surface area (Å²) in [6.45, 7) is 1.43. The summed E-state index contributed by atoms with van der Waals surface area (Å²) in [5.74, 6) is -0.979. The fraction of sp³-hybridized carbons (Fsp3) is 0.273. The van der Waals surface area contributed by atoms with Crippen LogP contribution in [0.3, 0.4) is 0 Å². The van der Waals surface area contributed by atoms with E-state index in [0.29, 0.717) is 5.56 Å². The Labute approximate surface area is 92.6 Å². The van der Waals surface area contributed by atoms with E-state index >= 15 is 0 Å². The van der Waals surface area contributed by atoms with Gasteiger partial charge in [0.15, 0.2) is 0 Å². The van der Waals surface area contributed by atoms with E-state index in [1.165, 1.54) is 31.2 Å². The van der Waals surface area contributed by atoms with Gasteiger partial charge < -0.3 is 11.1 Å². The molecule has 0 aliphatic rings. The van der Waals surface area contributed by atoms with E-state index in [4.69, 9.17) is 5.73 Å². The lowest BCUT2D eigenvalue weighted by Gasteiger charge is -2.09. The van der Waals surface area contributed by atoms with Crippen LogP contribution in [0.5, 0.6) is 0 Å². The van der Waals surface area contributed by atoms with Crippen molar-refractivity contribution in [3.63, 3.8) is 0 Å². The topological polar surface area (TPSA) is 72.2 Å². The standard InChI is InChI=1S/C11H13FN2O2/c1-7(15)10(13)6-14-11(16)8-2-4-9(12)5-3-8/h2-5,10H,6,13H2,1H3,(H,14,16). The van der Waals surface area contributed by atoms with E-state index < -0.39 is 11.9 Å². The van der Waals surface area contributed by atoms with Crippen LogP contribution in [0.2, 0.25) is 0 Å². The van der Waals surface area contributed by atoms with Gasteiger partial charge in [-0.2, -0.15) is 0 Å². The number of hydrogen-bond acceptors (Lipinski definition) is 3. The van der Waals surface area contributed by atoms with Crippen molar-refractivity contribution in [1.82, 2.24) is 5.32 Å². The molecular weight excluding hydrogens is 211 g/mol. The van der Waals surface area contributed by atoms with Crippen LogP contribution in [-0.4, -0.2) is 24.3 Å². The number of carbonyl (C=O) groups excluding carboxylic acids is 2. The molecule has 1 unspecified atom stereocenters. The van der Waals surface area contributed by atoms with Gasteiger partial charge in [-0.1, -0.05) is 0 Å². The Morgan fingerprint density at radius 3 is 2.44 bits per heavy atom. The van der Waals surface area contributed by atoms with Crippen LogP contribution in [0, 0.1) is 5.82 Å². The second-order valence-electron chi connectivity index (χ2n) is 3.43. The average Bonchev–Trinajstić information content (AvgIpc) is 2.26. The minimum Gasteiger partial charge on any atom is -0.350 e. The molecule has 5 heteroatoms. The van der Waals surface area contributed by atoms with Gasteiger partial charge in [-0.05, 0) is 31.2 Å². The summed E-state index contributed by atoms with van der Waals surface area (Å²) in [6.07, 6.45) is 0. The van der Waals surface area contributed by atoms with Crippen LogP contribution in [0.15, 0.2) is 24.3 Å². The molecule has 0 spiro atoms. The first-order valence-corrected chi connectivity index (χ1v) is 4.80. The van der Waals surface area contributed by atoms with Crippen LogP contribution in [-0.2, 0) is 4.79 Å². The smallest absolute Gasteiger partial charge is 0.251 e. The molecule has 3 N–H and O–H groups in total. The van der Waals surface area contributed by atoms with Crippen molar-refractivity contribution in [3.05, 3.63) is 35.6 Å². The average molecular weight is 224 g/mol. The van der Waals surface area contributed by atoms with Crippen molar-refractivity contribution in [3.8, 4) is 0 Å². The Morgan fingerprint density at radius 1 is 1.38 bits per heavy atom. The van der Waals surface area contributed by atoms with Gasteiger partial charge in [0.2, 0.25) is 0 Å². The van der Waals surface area contributed by atoms with Crippen LogP contribution < -0.4 is 11.1 Å². The van der Waals surface area contributed by atoms with Crippen molar-refractivity contribution >= 4 is 11.7 Å². The summed E-state index contributed by atoms with van der Waals surface area (Å²) in [5, 5.41) is 2.49. The summed E-state index contributed by atoms with van der Waals surface area (Å²) in [4.78, 5) is 22.3. The zero-order chi connectivity index (χ0) is 12.1. The summed E-state index contributed by atoms with van der Waals surface area (Å²) >= 11 is 0. The zero-order valence-electron chi connectivity index (χ0n) is 8.87. The quantitative estimate of drug-likeness (QED) is 0.781. The lowest BCUT2D eigenvalue weighted by Crippen LogP contribution is -2.41. The molecule has 0 heterocycles. The maximum Gasteiger partial charge on any atom is 0.251 e. The second kappa shape index (κ2) is 5.37. The highest BCUT2D eigenvalue weighted by Crippen LogP contribution is 2.02. The molecule has 1 rings (SSSR count). The Kier molecular flexibility index (Phi) is 4.13. The van der Waals surface area contributed by atoms with E-state index in [2.05, 4.69) is 5.32 Å². The maximum absolute atomic E-state index is 12.6. The third kappa shape index (κ3) is 3.43. The SMILES string of the molecule is CC(=O)C(N)CNC(=O)c1ccc(F)cc1. The van der Waals surface area contributed by atoms with E-state index in [-0.39, 0.29) is 18.2 Å². The molecular formula is C11H13FN2O2. The maximum atomic E-state index is 12.6. The second-order valence-corrected chi connectivity index (χ2v) is 3.43. The van der Waals surface area contributed by atoms with Gasteiger partial charge in [0.25, 0.3) is 5.91 Å². The predicted molar refractivity (Wildman–Crippen MR) is 57.4 cm³/mol. The minimum atomic E-state index is -0.704. The Hall–Kier alpha value is -1.75. The van der Waals surface area contributed by atoms with Crippen LogP contribution in [0.1, 0.15) is 17.3 Å². The number of nitrogens with one attached hydrogen (secondary N) is 1. The molecule has 4 nitrogen and oxygen atoms in total. The minimum absolute atomic E-state index is 0.0749. The highest BCUT2D eigenvalue weighted by atomic mass is 19.1. The normalized spacial score (nSPS) is 11.9. The largest absolute Gasteiger partial charge is 0.350 e. The molecule has 16 heavy (non-hydrogen) atoms. The molecule has 86 valence electrons. The van der Waals surface area contributed by atoms with Crippen molar-refractivity contribution in [2.75, 3.05) is 6.54 Å². The fourth-order valence-corrected chi connectivity index (χ4v) is 1.05. The van der Waals surface area contributed by atoms with E-state index in [1.807, 2.05) is 0 Å². The van der Waals surface area contributed by atoms with Crippen molar-refractivity contribution < 1.29 is 14.0 Å². The first kappa shape index (κ1) is 12.3. The van der Waals surface area contributed by atoms with Gasteiger partial charge in [-0.25, -0.2) is 4.39 Å². The van der Waals surface area contributed by atoms with Gasteiger partial charge in [-0.15, -0.1) is 0 Å². The summed E-state index contributed by atoms with van der Waals surface area (Å²) < 4.78 is 12.6. The van der Waals surface area contributed by atoms with E-state index in [0.717, 1.165) is 0 Å². The number of Topliss-reactive ketones (excluding diaryl/α,β-unsaturated/α-hetero) is 1. The molecule has 0 radical (unpaired) electrons. The molecule has 0 fully saturated rings. The summed E-state index contributed by atoms with van der Waals surface area (Å²) in [6, 6.07) is 4.41. The van der Waals surface area contributed by atoms with Gasteiger partial charge in [0.1, 0.15) is 11.6 Å². The lowest BCUT2D eigenvalue weighted by atomic mass is 10.2. The van der Waals surface area contributed by atoms with Crippen molar-refractivity contribution in [1.29, 1.82) is 0 Å². The van der Waals surface area contributed by atoms with Crippen LogP contribution in [0.25, 0.3) is 0 Å². The third-order valence-corrected chi connectivity index (χ3v) is 2.11. The van der Waals surface area contributed by atoms with Gasteiger partial charge in [-0.3, -0.25) is 9.59 Å². The summed E-state index contributed by atoms with van der Waals surface area (Å²) in [7, 11) is 0. The monoisotopic (exact) mass is 224 g/mol. The number of halogens is 1. The molecule has 0 saturated carbocycles. The lowest BCUT2D eigenvalue weighted by molar-refractivity contribution is -0.118. The number of hydrogen-bond donors (Lipinski definition) is 2. The first-order valence-electron chi connectivity index (χ1n) is 4.80.